The molecule has 0 saturated carbocycles. The van der Waals surface area contributed by atoms with Crippen molar-refractivity contribution in [1.29, 1.82) is 0 Å². The molecule has 0 bridgehead atoms. The first-order valence-electron chi connectivity index (χ1n) is 4.32. The third kappa shape index (κ3) is 4.31. The molecular formula is C8H19N3O. The Morgan fingerprint density at radius 1 is 1.50 bits per heavy atom. The predicted octanol–water partition coefficient (Wildman–Crippen LogP) is -0.565. The predicted molar refractivity (Wildman–Crippen MR) is 49.5 cm³/mol. The number of primary amides is 1. The van der Waals surface area contributed by atoms with Crippen molar-refractivity contribution >= 4 is 5.91 Å². The molecule has 4 nitrogen and oxygen atoms in total. The zero-order valence-electron chi connectivity index (χ0n) is 7.84. The van der Waals surface area contributed by atoms with Crippen LogP contribution in [0.25, 0.3) is 0 Å². The zero-order valence-corrected chi connectivity index (χ0v) is 7.84. The lowest BCUT2D eigenvalue weighted by Gasteiger charge is -2.18. The molecule has 0 aliphatic heterocycles. The van der Waals surface area contributed by atoms with E-state index >= 15 is 0 Å². The molecule has 0 fully saturated rings. The van der Waals surface area contributed by atoms with Crippen LogP contribution in [0.5, 0.6) is 0 Å². The fraction of sp³-hybridized carbons (Fsp3) is 0.875. The van der Waals surface area contributed by atoms with E-state index in [0.717, 1.165) is 13.0 Å². The molecule has 0 saturated heterocycles. The van der Waals surface area contributed by atoms with Crippen LogP contribution in [0.15, 0.2) is 0 Å². The summed E-state index contributed by atoms with van der Waals surface area (Å²) in [4.78, 5) is 10.9. The van der Waals surface area contributed by atoms with E-state index in [1.165, 1.54) is 0 Å². The summed E-state index contributed by atoms with van der Waals surface area (Å²) in [5.41, 5.74) is 10.5. The van der Waals surface area contributed by atoms with E-state index in [9.17, 15) is 4.79 Å². The van der Waals surface area contributed by atoms with Gasteiger partial charge >= 0.3 is 0 Å². The van der Waals surface area contributed by atoms with Crippen molar-refractivity contribution in [1.82, 2.24) is 5.32 Å². The standard InChI is InChI=1S/C8H19N3O/c1-6(2)7(8(10)12)11-5-3-4-9/h6-7,11H,3-5,9H2,1-2H3,(H2,10,12)/t7-/m0/s1. The molecule has 0 aromatic heterocycles. The number of carbonyl (C=O) groups is 1. The fourth-order valence-corrected chi connectivity index (χ4v) is 1.02. The number of rotatable bonds is 6. The van der Waals surface area contributed by atoms with Gasteiger partial charge in [0, 0.05) is 0 Å². The van der Waals surface area contributed by atoms with Gasteiger partial charge in [0.1, 0.15) is 0 Å². The molecule has 0 aromatic rings. The average molecular weight is 173 g/mol. The maximum atomic E-state index is 10.9. The lowest BCUT2D eigenvalue weighted by Crippen LogP contribution is -2.45. The minimum Gasteiger partial charge on any atom is -0.368 e. The number of nitrogens with two attached hydrogens (primary N) is 2. The van der Waals surface area contributed by atoms with Gasteiger partial charge in [-0.25, -0.2) is 0 Å². The van der Waals surface area contributed by atoms with Crippen LogP contribution in [0.2, 0.25) is 0 Å². The Kier molecular flexibility index (Phi) is 5.66. The van der Waals surface area contributed by atoms with E-state index in [0.29, 0.717) is 6.54 Å². The van der Waals surface area contributed by atoms with Crippen LogP contribution in [0.1, 0.15) is 20.3 Å². The van der Waals surface area contributed by atoms with E-state index in [1.54, 1.807) is 0 Å². The second-order valence-corrected chi connectivity index (χ2v) is 3.22. The van der Waals surface area contributed by atoms with Crippen LogP contribution in [0.4, 0.5) is 0 Å². The first-order chi connectivity index (χ1) is 5.59. The van der Waals surface area contributed by atoms with E-state index in [2.05, 4.69) is 5.32 Å². The second kappa shape index (κ2) is 5.97. The lowest BCUT2D eigenvalue weighted by molar-refractivity contribution is -0.121. The molecule has 0 aromatic carbocycles. The average Bonchev–Trinajstić information content (AvgIpc) is 1.96. The summed E-state index contributed by atoms with van der Waals surface area (Å²) in [6.45, 7) is 5.31. The highest BCUT2D eigenvalue weighted by Gasteiger charge is 2.17. The number of hydrogen-bond donors (Lipinski definition) is 3. The summed E-state index contributed by atoms with van der Waals surface area (Å²) in [5, 5.41) is 3.06. The van der Waals surface area contributed by atoms with Crippen molar-refractivity contribution in [3.05, 3.63) is 0 Å². The molecule has 72 valence electrons. The number of nitrogens with one attached hydrogen (secondary N) is 1. The van der Waals surface area contributed by atoms with Crippen molar-refractivity contribution < 1.29 is 4.79 Å². The summed E-state index contributed by atoms with van der Waals surface area (Å²) < 4.78 is 0. The van der Waals surface area contributed by atoms with Gasteiger partial charge in [0.25, 0.3) is 0 Å². The van der Waals surface area contributed by atoms with Gasteiger partial charge in [-0.05, 0) is 25.4 Å². The smallest absolute Gasteiger partial charge is 0.234 e. The maximum absolute atomic E-state index is 10.9. The van der Waals surface area contributed by atoms with Gasteiger partial charge in [0.15, 0.2) is 0 Å². The Hall–Kier alpha value is -0.610. The third-order valence-electron chi connectivity index (χ3n) is 1.72. The molecule has 0 rings (SSSR count). The van der Waals surface area contributed by atoms with E-state index in [1.807, 2.05) is 13.8 Å². The van der Waals surface area contributed by atoms with E-state index in [4.69, 9.17) is 11.5 Å². The molecule has 0 radical (unpaired) electrons. The van der Waals surface area contributed by atoms with Crippen LogP contribution < -0.4 is 16.8 Å². The Labute approximate surface area is 73.7 Å². The monoisotopic (exact) mass is 173 g/mol. The third-order valence-corrected chi connectivity index (χ3v) is 1.72. The van der Waals surface area contributed by atoms with Gasteiger partial charge in [-0.3, -0.25) is 4.79 Å². The minimum absolute atomic E-state index is 0.225. The Morgan fingerprint density at radius 2 is 2.08 bits per heavy atom. The highest BCUT2D eigenvalue weighted by molar-refractivity contribution is 5.80. The molecule has 0 heterocycles. The Balaban J connectivity index is 3.72. The zero-order chi connectivity index (χ0) is 9.56. The first-order valence-corrected chi connectivity index (χ1v) is 4.32. The van der Waals surface area contributed by atoms with Gasteiger partial charge in [0.05, 0.1) is 6.04 Å². The second-order valence-electron chi connectivity index (χ2n) is 3.22. The molecule has 4 heteroatoms. The molecular weight excluding hydrogens is 154 g/mol. The molecule has 5 N–H and O–H groups in total. The van der Waals surface area contributed by atoms with Crippen LogP contribution in [-0.2, 0) is 4.79 Å². The number of amides is 1. The van der Waals surface area contributed by atoms with Crippen molar-refractivity contribution in [2.45, 2.75) is 26.3 Å². The SMILES string of the molecule is CC(C)[C@H](NCCCN)C(N)=O. The molecule has 0 aliphatic rings. The van der Waals surface area contributed by atoms with Crippen molar-refractivity contribution in [3.63, 3.8) is 0 Å². The largest absolute Gasteiger partial charge is 0.368 e. The van der Waals surface area contributed by atoms with Gasteiger partial charge in [-0.2, -0.15) is 0 Å². The van der Waals surface area contributed by atoms with Gasteiger partial charge < -0.3 is 16.8 Å². The van der Waals surface area contributed by atoms with Crippen LogP contribution in [0.3, 0.4) is 0 Å². The number of carbonyl (C=O) groups excluding carboxylic acids is 1. The number of hydrogen-bond acceptors (Lipinski definition) is 3. The highest BCUT2D eigenvalue weighted by Crippen LogP contribution is 1.99. The van der Waals surface area contributed by atoms with Gasteiger partial charge in [0.2, 0.25) is 5.91 Å². The van der Waals surface area contributed by atoms with E-state index < -0.39 is 0 Å². The van der Waals surface area contributed by atoms with Gasteiger partial charge in [-0.1, -0.05) is 13.8 Å². The summed E-state index contributed by atoms with van der Waals surface area (Å²) in [7, 11) is 0. The Bertz CT molecular complexity index is 136. The highest BCUT2D eigenvalue weighted by atomic mass is 16.1. The molecule has 12 heavy (non-hydrogen) atoms. The van der Waals surface area contributed by atoms with Crippen molar-refractivity contribution in [2.24, 2.45) is 17.4 Å². The fourth-order valence-electron chi connectivity index (χ4n) is 1.02. The quantitative estimate of drug-likeness (QED) is 0.471. The molecule has 0 aliphatic carbocycles. The Morgan fingerprint density at radius 3 is 2.42 bits per heavy atom. The van der Waals surface area contributed by atoms with Gasteiger partial charge in [-0.15, -0.1) is 0 Å². The first kappa shape index (κ1) is 11.4. The van der Waals surface area contributed by atoms with Crippen molar-refractivity contribution in [3.8, 4) is 0 Å². The minimum atomic E-state index is -0.290. The summed E-state index contributed by atoms with van der Waals surface area (Å²) in [6.07, 6.45) is 0.872. The van der Waals surface area contributed by atoms with E-state index in [-0.39, 0.29) is 17.9 Å². The molecule has 1 atom stereocenters. The molecule has 1 amide bonds. The summed E-state index contributed by atoms with van der Waals surface area (Å²) in [6, 6.07) is -0.225. The molecule has 0 unspecified atom stereocenters. The summed E-state index contributed by atoms with van der Waals surface area (Å²) in [5.74, 6) is -0.0534. The maximum Gasteiger partial charge on any atom is 0.234 e. The normalized spacial score (nSPS) is 13.3. The topological polar surface area (TPSA) is 81.1 Å². The van der Waals surface area contributed by atoms with Crippen LogP contribution >= 0.6 is 0 Å². The summed E-state index contributed by atoms with van der Waals surface area (Å²) >= 11 is 0. The van der Waals surface area contributed by atoms with Crippen molar-refractivity contribution in [2.75, 3.05) is 13.1 Å². The van der Waals surface area contributed by atoms with Crippen LogP contribution in [-0.4, -0.2) is 25.0 Å². The van der Waals surface area contributed by atoms with Crippen LogP contribution in [0, 0.1) is 5.92 Å². The molecule has 0 spiro atoms. The lowest BCUT2D eigenvalue weighted by atomic mass is 10.0.